The Balaban J connectivity index is 2.31. The highest BCUT2D eigenvalue weighted by atomic mass is 16.1. The number of aryl methyl sites for hydroxylation is 1. The summed E-state index contributed by atoms with van der Waals surface area (Å²) in [5, 5.41) is 12.3. The average Bonchev–Trinajstić information content (AvgIpc) is 2.48. The fraction of sp³-hybridized carbons (Fsp3) is 0.118. The Hall–Kier alpha value is -2.93. The van der Waals surface area contributed by atoms with E-state index in [0.29, 0.717) is 17.1 Å². The van der Waals surface area contributed by atoms with Gasteiger partial charge in [-0.3, -0.25) is 4.79 Å². The summed E-state index contributed by atoms with van der Waals surface area (Å²) >= 11 is 0. The maximum absolute atomic E-state index is 12.3. The number of ketones is 1. The Morgan fingerprint density at radius 1 is 1.14 bits per heavy atom. The molecule has 1 aromatic heterocycles. The largest absolute Gasteiger partial charge is 0.343 e. The van der Waals surface area contributed by atoms with Crippen molar-refractivity contribution in [3.8, 4) is 6.07 Å². The van der Waals surface area contributed by atoms with Crippen LogP contribution in [-0.2, 0) is 0 Å². The lowest BCUT2D eigenvalue weighted by molar-refractivity contribution is 0.103. The van der Waals surface area contributed by atoms with Gasteiger partial charge in [-0.05, 0) is 26.0 Å². The van der Waals surface area contributed by atoms with Gasteiger partial charge in [-0.2, -0.15) is 5.26 Å². The third-order valence-electron chi connectivity index (χ3n) is 2.95. The zero-order valence-corrected chi connectivity index (χ0v) is 11.9. The minimum absolute atomic E-state index is 0.0875. The van der Waals surface area contributed by atoms with Crippen LogP contribution < -0.4 is 5.32 Å². The molecule has 0 aliphatic carbocycles. The van der Waals surface area contributed by atoms with E-state index in [9.17, 15) is 10.1 Å². The summed E-state index contributed by atoms with van der Waals surface area (Å²) in [5.41, 5.74) is 1.93. The summed E-state index contributed by atoms with van der Waals surface area (Å²) in [6, 6.07) is 16.3. The van der Waals surface area contributed by atoms with E-state index in [0.717, 1.165) is 5.69 Å². The zero-order valence-electron chi connectivity index (χ0n) is 11.9. The van der Waals surface area contributed by atoms with Crippen LogP contribution in [0, 0.1) is 18.3 Å². The number of carbonyl (C=O) groups excluding carboxylic acids is 1. The lowest BCUT2D eigenvalue weighted by atomic mass is 10.0. The van der Waals surface area contributed by atoms with Gasteiger partial charge in [-0.25, -0.2) is 4.98 Å². The highest BCUT2D eigenvalue weighted by Gasteiger charge is 2.15. The van der Waals surface area contributed by atoms with E-state index in [2.05, 4.69) is 10.3 Å². The van der Waals surface area contributed by atoms with Gasteiger partial charge in [0.05, 0.1) is 0 Å². The Kier molecular flexibility index (Phi) is 4.47. The molecule has 1 N–H and O–H groups in total. The number of hydrogen-bond donors (Lipinski definition) is 1. The van der Waals surface area contributed by atoms with Crippen LogP contribution in [0.2, 0.25) is 0 Å². The first-order chi connectivity index (χ1) is 10.1. The lowest BCUT2D eigenvalue weighted by Gasteiger charge is -2.08. The number of anilines is 1. The van der Waals surface area contributed by atoms with Crippen LogP contribution in [0.5, 0.6) is 0 Å². The summed E-state index contributed by atoms with van der Waals surface area (Å²) in [6.07, 6.45) is 0. The van der Waals surface area contributed by atoms with Gasteiger partial charge in [-0.1, -0.05) is 36.4 Å². The molecule has 0 aliphatic heterocycles. The standard InChI is InChI=1S/C17H15N3O/c1-12-7-6-10-16(19-12)20-13(2)15(11-18)17(21)14-8-4-3-5-9-14/h3-10H,1-2H3,(H,19,20)/b15-13+. The van der Waals surface area contributed by atoms with Gasteiger partial charge in [-0.15, -0.1) is 0 Å². The number of hydrogen-bond acceptors (Lipinski definition) is 4. The molecule has 2 rings (SSSR count). The van der Waals surface area contributed by atoms with Gasteiger partial charge in [0.25, 0.3) is 0 Å². The Bertz CT molecular complexity index is 727. The van der Waals surface area contributed by atoms with E-state index in [1.54, 1.807) is 37.3 Å². The van der Waals surface area contributed by atoms with Crippen molar-refractivity contribution in [3.05, 3.63) is 71.1 Å². The molecule has 4 nitrogen and oxygen atoms in total. The number of pyridine rings is 1. The molecule has 0 spiro atoms. The average molecular weight is 277 g/mol. The number of carbonyl (C=O) groups is 1. The molecule has 0 aliphatic rings. The van der Waals surface area contributed by atoms with Crippen LogP contribution in [0.25, 0.3) is 0 Å². The van der Waals surface area contributed by atoms with Gasteiger partial charge >= 0.3 is 0 Å². The molecule has 0 amide bonds. The molecule has 0 radical (unpaired) electrons. The van der Waals surface area contributed by atoms with Crippen molar-refractivity contribution in [2.45, 2.75) is 13.8 Å². The molecule has 1 aromatic carbocycles. The fourth-order valence-electron chi connectivity index (χ4n) is 1.91. The first kappa shape index (κ1) is 14.5. The summed E-state index contributed by atoms with van der Waals surface area (Å²) in [5.74, 6) is 0.317. The van der Waals surface area contributed by atoms with Crippen molar-refractivity contribution in [2.75, 3.05) is 5.32 Å². The van der Waals surface area contributed by atoms with E-state index < -0.39 is 0 Å². The zero-order chi connectivity index (χ0) is 15.2. The van der Waals surface area contributed by atoms with Crippen LogP contribution in [0.3, 0.4) is 0 Å². The molecule has 0 saturated carbocycles. The van der Waals surface area contributed by atoms with Crippen LogP contribution in [0.1, 0.15) is 23.0 Å². The third kappa shape index (κ3) is 3.54. The molecule has 2 aromatic rings. The SMILES string of the molecule is C/C(Nc1cccc(C)n1)=C(/C#N)C(=O)c1ccccc1. The molecule has 4 heteroatoms. The second-order valence-electron chi connectivity index (χ2n) is 4.60. The third-order valence-corrected chi connectivity index (χ3v) is 2.95. The smallest absolute Gasteiger partial charge is 0.205 e. The van der Waals surface area contributed by atoms with Gasteiger partial charge < -0.3 is 5.32 Å². The van der Waals surface area contributed by atoms with E-state index >= 15 is 0 Å². The number of benzene rings is 1. The maximum atomic E-state index is 12.3. The van der Waals surface area contributed by atoms with Crippen LogP contribution in [-0.4, -0.2) is 10.8 Å². The Labute approximate surface area is 123 Å². The predicted molar refractivity (Wildman–Crippen MR) is 81.7 cm³/mol. The summed E-state index contributed by atoms with van der Waals surface area (Å²) in [6.45, 7) is 3.58. The van der Waals surface area contributed by atoms with Crippen LogP contribution >= 0.6 is 0 Å². The lowest BCUT2D eigenvalue weighted by Crippen LogP contribution is -2.09. The van der Waals surface area contributed by atoms with Gasteiger partial charge in [0, 0.05) is 17.0 Å². The minimum atomic E-state index is -0.296. The summed E-state index contributed by atoms with van der Waals surface area (Å²) in [7, 11) is 0. The van der Waals surface area contributed by atoms with Crippen LogP contribution in [0.4, 0.5) is 5.82 Å². The highest BCUT2D eigenvalue weighted by Crippen LogP contribution is 2.14. The Morgan fingerprint density at radius 2 is 1.86 bits per heavy atom. The molecule has 0 bridgehead atoms. The van der Waals surface area contributed by atoms with E-state index in [-0.39, 0.29) is 11.4 Å². The first-order valence-corrected chi connectivity index (χ1v) is 6.53. The van der Waals surface area contributed by atoms with E-state index in [4.69, 9.17) is 0 Å². The van der Waals surface area contributed by atoms with E-state index in [1.165, 1.54) is 0 Å². The quantitative estimate of drug-likeness (QED) is 0.528. The normalized spacial score (nSPS) is 11.3. The monoisotopic (exact) mass is 277 g/mol. The van der Waals surface area contributed by atoms with Gasteiger partial charge in [0.15, 0.2) is 0 Å². The predicted octanol–water partition coefficient (Wildman–Crippen LogP) is 3.48. The van der Waals surface area contributed by atoms with Crippen molar-refractivity contribution in [1.29, 1.82) is 5.26 Å². The molecular formula is C17H15N3O. The summed E-state index contributed by atoms with van der Waals surface area (Å²) in [4.78, 5) is 16.6. The van der Waals surface area contributed by atoms with Crippen molar-refractivity contribution >= 4 is 11.6 Å². The summed E-state index contributed by atoms with van der Waals surface area (Å²) < 4.78 is 0. The van der Waals surface area contributed by atoms with Crippen molar-refractivity contribution in [1.82, 2.24) is 4.98 Å². The fourth-order valence-corrected chi connectivity index (χ4v) is 1.91. The van der Waals surface area contributed by atoms with E-state index in [1.807, 2.05) is 31.2 Å². The number of aromatic nitrogens is 1. The highest BCUT2D eigenvalue weighted by molar-refractivity contribution is 6.11. The number of nitrogens with one attached hydrogen (secondary N) is 1. The number of nitriles is 1. The number of allylic oxidation sites excluding steroid dienone is 2. The van der Waals surface area contributed by atoms with Crippen LogP contribution in [0.15, 0.2) is 59.8 Å². The van der Waals surface area contributed by atoms with Crippen molar-refractivity contribution < 1.29 is 4.79 Å². The second-order valence-corrected chi connectivity index (χ2v) is 4.60. The molecule has 21 heavy (non-hydrogen) atoms. The number of rotatable bonds is 4. The van der Waals surface area contributed by atoms with Gasteiger partial charge in [0.1, 0.15) is 17.5 Å². The second kappa shape index (κ2) is 6.49. The topological polar surface area (TPSA) is 65.8 Å². The van der Waals surface area contributed by atoms with Crippen molar-refractivity contribution in [2.24, 2.45) is 0 Å². The minimum Gasteiger partial charge on any atom is -0.343 e. The Morgan fingerprint density at radius 3 is 2.48 bits per heavy atom. The molecule has 0 atom stereocenters. The molecular weight excluding hydrogens is 262 g/mol. The van der Waals surface area contributed by atoms with Gasteiger partial charge in [0.2, 0.25) is 5.78 Å². The molecule has 0 saturated heterocycles. The van der Waals surface area contributed by atoms with Crippen molar-refractivity contribution in [3.63, 3.8) is 0 Å². The maximum Gasteiger partial charge on any atom is 0.205 e. The molecule has 104 valence electrons. The molecule has 1 heterocycles. The molecule has 0 unspecified atom stereocenters. The molecule has 0 fully saturated rings. The number of Topliss-reactive ketones (excluding diaryl/α,β-unsaturated/α-hetero) is 1. The first-order valence-electron chi connectivity index (χ1n) is 6.53. The number of nitrogens with zero attached hydrogens (tertiary/aromatic N) is 2.